The lowest BCUT2D eigenvalue weighted by Crippen LogP contribution is -2.49. The summed E-state index contributed by atoms with van der Waals surface area (Å²) in [5, 5.41) is 0.516. The molecule has 2 aliphatic heterocycles. The Morgan fingerprint density at radius 1 is 1.14 bits per heavy atom. The first-order chi connectivity index (χ1) is 10.6. The van der Waals surface area contributed by atoms with Crippen LogP contribution in [0.5, 0.6) is 0 Å². The molecule has 0 spiro atoms. The molecule has 2 heterocycles. The van der Waals surface area contributed by atoms with E-state index in [0.29, 0.717) is 17.1 Å². The van der Waals surface area contributed by atoms with Gasteiger partial charge in [-0.3, -0.25) is 9.80 Å². The van der Waals surface area contributed by atoms with Gasteiger partial charge in [0.15, 0.2) is 0 Å². The molecule has 0 N–H and O–H groups in total. The Hall–Kier alpha value is -0.400. The first-order valence-corrected chi connectivity index (χ1v) is 9.20. The molecule has 2 aliphatic rings. The van der Waals surface area contributed by atoms with Gasteiger partial charge in [-0.15, -0.1) is 0 Å². The second-order valence-corrected chi connectivity index (χ2v) is 7.75. The molecule has 0 radical (unpaired) electrons. The molecule has 3 rings (SSSR count). The zero-order chi connectivity index (χ0) is 15.5. The molecular formula is C15H19ClFN3S2. The van der Waals surface area contributed by atoms with E-state index in [9.17, 15) is 4.39 Å². The average Bonchev–Trinajstić information content (AvgIpc) is 2.90. The van der Waals surface area contributed by atoms with E-state index >= 15 is 0 Å². The molecule has 1 aromatic carbocycles. The number of hydrogen-bond acceptors (Lipinski definition) is 4. The molecule has 2 fully saturated rings. The third-order valence-corrected chi connectivity index (χ3v) is 5.98. The van der Waals surface area contributed by atoms with Crippen molar-refractivity contribution < 1.29 is 4.39 Å². The molecule has 0 bridgehead atoms. The quantitative estimate of drug-likeness (QED) is 0.762. The summed E-state index contributed by atoms with van der Waals surface area (Å²) in [7, 11) is 0. The van der Waals surface area contributed by atoms with Crippen LogP contribution in [0.1, 0.15) is 5.56 Å². The molecule has 0 saturated carbocycles. The molecule has 0 unspecified atom stereocenters. The maximum absolute atomic E-state index is 13.9. The highest BCUT2D eigenvalue weighted by molar-refractivity contribution is 8.23. The van der Waals surface area contributed by atoms with Crippen molar-refractivity contribution in [1.29, 1.82) is 0 Å². The van der Waals surface area contributed by atoms with Crippen LogP contribution in [0.3, 0.4) is 0 Å². The van der Waals surface area contributed by atoms with Crippen LogP contribution in [0, 0.1) is 5.82 Å². The zero-order valence-corrected chi connectivity index (χ0v) is 14.7. The molecular weight excluding hydrogens is 341 g/mol. The standard InChI is InChI=1S/C15H19ClFN3S2/c16-13-2-1-3-14(17)12(13)10-18-4-6-19(7-5-18)11-20-8-9-22-15(20)21/h1-3H,4-11H2. The zero-order valence-electron chi connectivity index (χ0n) is 12.3. The number of thioether (sulfide) groups is 1. The second kappa shape index (κ2) is 7.45. The van der Waals surface area contributed by atoms with Gasteiger partial charge in [0.05, 0.1) is 6.67 Å². The largest absolute Gasteiger partial charge is 0.344 e. The maximum atomic E-state index is 13.9. The van der Waals surface area contributed by atoms with Crippen LogP contribution < -0.4 is 0 Å². The van der Waals surface area contributed by atoms with Crippen LogP contribution in [0.2, 0.25) is 5.02 Å². The number of nitrogens with zero attached hydrogens (tertiary/aromatic N) is 3. The molecule has 2 saturated heterocycles. The fraction of sp³-hybridized carbons (Fsp3) is 0.533. The molecule has 0 aromatic heterocycles. The van der Waals surface area contributed by atoms with Crippen LogP contribution in [-0.2, 0) is 6.54 Å². The number of rotatable bonds is 4. The molecule has 7 heteroatoms. The van der Waals surface area contributed by atoms with Gasteiger partial charge in [0, 0.05) is 55.6 Å². The molecule has 0 atom stereocenters. The average molecular weight is 360 g/mol. The van der Waals surface area contributed by atoms with Gasteiger partial charge >= 0.3 is 0 Å². The Kier molecular flexibility index (Phi) is 5.57. The Bertz CT molecular complexity index is 529. The summed E-state index contributed by atoms with van der Waals surface area (Å²) in [5.41, 5.74) is 0.606. The predicted octanol–water partition coefficient (Wildman–Crippen LogP) is 2.89. The van der Waals surface area contributed by atoms with E-state index in [1.165, 1.54) is 6.07 Å². The SMILES string of the molecule is Fc1cccc(Cl)c1CN1CCN(CN2CCSC2=S)CC1. The number of thiocarbonyl (C=S) groups is 1. The van der Waals surface area contributed by atoms with E-state index in [-0.39, 0.29) is 5.82 Å². The van der Waals surface area contributed by atoms with Gasteiger partial charge in [-0.1, -0.05) is 41.6 Å². The van der Waals surface area contributed by atoms with Gasteiger partial charge in [0.25, 0.3) is 0 Å². The summed E-state index contributed by atoms with van der Waals surface area (Å²) < 4.78 is 14.9. The summed E-state index contributed by atoms with van der Waals surface area (Å²) >= 11 is 13.2. The normalized spacial score (nSPS) is 20.8. The molecule has 1 aromatic rings. The summed E-state index contributed by atoms with van der Waals surface area (Å²) in [4.78, 5) is 6.94. The van der Waals surface area contributed by atoms with E-state index in [4.69, 9.17) is 23.8 Å². The van der Waals surface area contributed by atoms with Crippen molar-refractivity contribution in [1.82, 2.24) is 14.7 Å². The maximum Gasteiger partial charge on any atom is 0.137 e. The van der Waals surface area contributed by atoms with Crippen LogP contribution in [0.4, 0.5) is 4.39 Å². The lowest BCUT2D eigenvalue weighted by Gasteiger charge is -2.37. The van der Waals surface area contributed by atoms with E-state index in [0.717, 1.165) is 49.5 Å². The van der Waals surface area contributed by atoms with Crippen molar-refractivity contribution in [3.05, 3.63) is 34.6 Å². The summed E-state index contributed by atoms with van der Waals surface area (Å²) in [6, 6.07) is 4.88. The smallest absolute Gasteiger partial charge is 0.137 e. The van der Waals surface area contributed by atoms with Gasteiger partial charge < -0.3 is 4.90 Å². The molecule has 0 aliphatic carbocycles. The predicted molar refractivity (Wildman–Crippen MR) is 94.9 cm³/mol. The minimum Gasteiger partial charge on any atom is -0.344 e. The number of halogens is 2. The molecule has 0 amide bonds. The Morgan fingerprint density at radius 3 is 2.50 bits per heavy atom. The molecule has 3 nitrogen and oxygen atoms in total. The number of piperazine rings is 1. The Balaban J connectivity index is 1.50. The van der Waals surface area contributed by atoms with Crippen molar-refractivity contribution >= 4 is 39.9 Å². The first kappa shape index (κ1) is 16.5. The Labute approximate surface area is 145 Å². The van der Waals surface area contributed by atoms with Crippen molar-refractivity contribution in [2.24, 2.45) is 0 Å². The lowest BCUT2D eigenvalue weighted by molar-refractivity contribution is 0.0981. The van der Waals surface area contributed by atoms with Gasteiger partial charge in [0.2, 0.25) is 0 Å². The van der Waals surface area contributed by atoms with E-state index in [2.05, 4.69) is 14.7 Å². The highest BCUT2D eigenvalue weighted by Gasteiger charge is 2.23. The van der Waals surface area contributed by atoms with Crippen molar-refractivity contribution in [3.63, 3.8) is 0 Å². The van der Waals surface area contributed by atoms with E-state index in [1.54, 1.807) is 23.9 Å². The first-order valence-electron chi connectivity index (χ1n) is 7.43. The fourth-order valence-electron chi connectivity index (χ4n) is 2.79. The molecule has 120 valence electrons. The third kappa shape index (κ3) is 3.92. The minimum atomic E-state index is -0.214. The van der Waals surface area contributed by atoms with Gasteiger partial charge in [-0.25, -0.2) is 4.39 Å². The summed E-state index contributed by atoms with van der Waals surface area (Å²) in [5.74, 6) is 0.888. The van der Waals surface area contributed by atoms with Gasteiger partial charge in [0.1, 0.15) is 10.1 Å². The van der Waals surface area contributed by atoms with Crippen LogP contribution in [0.15, 0.2) is 18.2 Å². The minimum absolute atomic E-state index is 0.214. The van der Waals surface area contributed by atoms with Crippen LogP contribution >= 0.6 is 35.6 Å². The topological polar surface area (TPSA) is 9.72 Å². The Morgan fingerprint density at radius 2 is 1.86 bits per heavy atom. The van der Waals surface area contributed by atoms with Crippen molar-refractivity contribution in [3.8, 4) is 0 Å². The van der Waals surface area contributed by atoms with Crippen molar-refractivity contribution in [2.75, 3.05) is 45.1 Å². The fourth-order valence-corrected chi connectivity index (χ4v) is 4.23. The summed E-state index contributed by atoms with van der Waals surface area (Å²) in [6.07, 6.45) is 0. The van der Waals surface area contributed by atoms with Crippen LogP contribution in [-0.4, -0.2) is 64.2 Å². The lowest BCUT2D eigenvalue weighted by atomic mass is 10.2. The van der Waals surface area contributed by atoms with Gasteiger partial charge in [-0.2, -0.15) is 0 Å². The highest BCUT2D eigenvalue weighted by Crippen LogP contribution is 2.22. The second-order valence-electron chi connectivity index (χ2n) is 5.61. The third-order valence-electron chi connectivity index (χ3n) is 4.12. The number of hydrogen-bond donors (Lipinski definition) is 0. The number of benzene rings is 1. The van der Waals surface area contributed by atoms with Crippen LogP contribution in [0.25, 0.3) is 0 Å². The van der Waals surface area contributed by atoms with E-state index in [1.807, 2.05) is 0 Å². The van der Waals surface area contributed by atoms with Crippen molar-refractivity contribution in [2.45, 2.75) is 6.54 Å². The highest BCUT2D eigenvalue weighted by atomic mass is 35.5. The van der Waals surface area contributed by atoms with Gasteiger partial charge in [-0.05, 0) is 12.1 Å². The van der Waals surface area contributed by atoms with E-state index < -0.39 is 0 Å². The monoisotopic (exact) mass is 359 g/mol. The summed E-state index contributed by atoms with van der Waals surface area (Å²) in [6.45, 7) is 6.37. The molecule has 22 heavy (non-hydrogen) atoms.